The highest BCUT2D eigenvalue weighted by atomic mass is 16.5. The molecule has 3 rings (SSSR count). The number of nitrogens with one attached hydrogen (secondary N) is 1. The van der Waals surface area contributed by atoms with Crippen LogP contribution in [0.15, 0.2) is 59.1 Å². The lowest BCUT2D eigenvalue weighted by Gasteiger charge is -2.31. The van der Waals surface area contributed by atoms with Gasteiger partial charge in [0.25, 0.3) is 0 Å². The Bertz CT molecular complexity index is 821. The summed E-state index contributed by atoms with van der Waals surface area (Å²) >= 11 is 0. The first kappa shape index (κ1) is 19.8. The standard InChI is InChI=1S/C23H29N3O2/c1-24-23(25-13-10-20-8-9-21(28-2)17-22(20)27)26-14-11-19(12-15-26)16-18-6-4-3-5-7-18/h3-9,16-17,27H,10-15H2,1-2H3,(H,24,25). The zero-order valence-corrected chi connectivity index (χ0v) is 16.7. The first-order valence-electron chi connectivity index (χ1n) is 9.75. The van der Waals surface area contributed by atoms with Crippen LogP contribution in [0.1, 0.15) is 24.0 Å². The average molecular weight is 380 g/mol. The third-order valence-corrected chi connectivity index (χ3v) is 5.06. The number of methoxy groups -OCH3 is 1. The number of nitrogens with zero attached hydrogens (tertiary/aromatic N) is 2. The number of phenols is 1. The number of guanidine groups is 1. The van der Waals surface area contributed by atoms with Crippen LogP contribution in [-0.4, -0.2) is 49.8 Å². The molecule has 2 aromatic rings. The molecule has 0 atom stereocenters. The normalized spacial score (nSPS) is 14.7. The molecule has 2 aromatic carbocycles. The van der Waals surface area contributed by atoms with Crippen LogP contribution in [0.4, 0.5) is 0 Å². The van der Waals surface area contributed by atoms with Gasteiger partial charge in [0.15, 0.2) is 5.96 Å². The Balaban J connectivity index is 1.49. The molecular formula is C23H29N3O2. The molecule has 1 aliphatic heterocycles. The summed E-state index contributed by atoms with van der Waals surface area (Å²) in [6.45, 7) is 2.65. The Morgan fingerprint density at radius 2 is 1.93 bits per heavy atom. The molecule has 0 aromatic heterocycles. The first-order valence-corrected chi connectivity index (χ1v) is 9.75. The van der Waals surface area contributed by atoms with Crippen LogP contribution in [0.5, 0.6) is 11.5 Å². The third kappa shape index (κ3) is 5.28. The monoisotopic (exact) mass is 379 g/mol. The molecule has 0 bridgehead atoms. The quantitative estimate of drug-likeness (QED) is 0.614. The Labute approximate surface area is 167 Å². The number of hydrogen-bond acceptors (Lipinski definition) is 3. The van der Waals surface area contributed by atoms with Crippen molar-refractivity contribution in [1.29, 1.82) is 0 Å². The number of rotatable bonds is 5. The van der Waals surface area contributed by atoms with Gasteiger partial charge in [0, 0.05) is 32.7 Å². The van der Waals surface area contributed by atoms with Gasteiger partial charge in [0.1, 0.15) is 11.5 Å². The maximum Gasteiger partial charge on any atom is 0.193 e. The number of aromatic hydroxyl groups is 1. The van der Waals surface area contributed by atoms with E-state index in [2.05, 4.69) is 45.6 Å². The molecule has 0 unspecified atom stereocenters. The second kappa shape index (κ2) is 9.83. The molecule has 148 valence electrons. The fourth-order valence-electron chi connectivity index (χ4n) is 3.46. The van der Waals surface area contributed by atoms with Crippen LogP contribution >= 0.6 is 0 Å². The Morgan fingerprint density at radius 3 is 2.57 bits per heavy atom. The van der Waals surface area contributed by atoms with Crippen LogP contribution in [0.25, 0.3) is 6.08 Å². The maximum atomic E-state index is 10.1. The molecule has 1 heterocycles. The van der Waals surface area contributed by atoms with Gasteiger partial charge >= 0.3 is 0 Å². The molecule has 2 N–H and O–H groups in total. The summed E-state index contributed by atoms with van der Waals surface area (Å²) in [5.41, 5.74) is 3.66. The minimum absolute atomic E-state index is 0.268. The van der Waals surface area contributed by atoms with Gasteiger partial charge < -0.3 is 20.1 Å². The SMILES string of the molecule is CN=C(NCCc1ccc(OC)cc1O)N1CCC(=Cc2ccccc2)CC1. The van der Waals surface area contributed by atoms with Crippen molar-refractivity contribution in [2.45, 2.75) is 19.3 Å². The van der Waals surface area contributed by atoms with Gasteiger partial charge in [-0.25, -0.2) is 0 Å². The van der Waals surface area contributed by atoms with Gasteiger partial charge in [0.2, 0.25) is 0 Å². The van der Waals surface area contributed by atoms with Crippen LogP contribution < -0.4 is 10.1 Å². The summed E-state index contributed by atoms with van der Waals surface area (Å²) in [4.78, 5) is 6.73. The summed E-state index contributed by atoms with van der Waals surface area (Å²) < 4.78 is 5.13. The van der Waals surface area contributed by atoms with Gasteiger partial charge in [-0.2, -0.15) is 0 Å². The molecule has 0 spiro atoms. The second-order valence-corrected chi connectivity index (χ2v) is 6.92. The topological polar surface area (TPSA) is 57.1 Å². The van der Waals surface area contributed by atoms with Gasteiger partial charge in [-0.1, -0.05) is 48.0 Å². The molecule has 1 saturated heterocycles. The lowest BCUT2D eigenvalue weighted by atomic mass is 10.0. The number of aliphatic imine (C=N–C) groups is 1. The number of piperidine rings is 1. The largest absolute Gasteiger partial charge is 0.508 e. The highest BCUT2D eigenvalue weighted by Gasteiger charge is 2.17. The van der Waals surface area contributed by atoms with Gasteiger partial charge in [-0.05, 0) is 36.5 Å². The predicted octanol–water partition coefficient (Wildman–Crippen LogP) is 3.70. The first-order chi connectivity index (χ1) is 13.7. The van der Waals surface area contributed by atoms with Gasteiger partial charge in [-0.3, -0.25) is 4.99 Å². The summed E-state index contributed by atoms with van der Waals surface area (Å²) in [7, 11) is 3.42. The molecule has 1 fully saturated rings. The number of hydrogen-bond donors (Lipinski definition) is 2. The second-order valence-electron chi connectivity index (χ2n) is 6.92. The molecule has 0 aliphatic carbocycles. The van der Waals surface area contributed by atoms with Crippen LogP contribution in [0.2, 0.25) is 0 Å². The van der Waals surface area contributed by atoms with E-state index in [0.717, 1.165) is 50.4 Å². The molecule has 1 aliphatic rings. The fourth-order valence-corrected chi connectivity index (χ4v) is 3.46. The summed E-state index contributed by atoms with van der Waals surface area (Å²) in [5.74, 6) is 1.86. The van der Waals surface area contributed by atoms with Crippen molar-refractivity contribution in [3.63, 3.8) is 0 Å². The number of likely N-dealkylation sites (tertiary alicyclic amines) is 1. The fraction of sp³-hybridized carbons (Fsp3) is 0.348. The zero-order valence-electron chi connectivity index (χ0n) is 16.7. The molecule has 0 amide bonds. The zero-order chi connectivity index (χ0) is 19.8. The molecule has 0 radical (unpaired) electrons. The van der Waals surface area contributed by atoms with E-state index in [1.165, 1.54) is 11.1 Å². The van der Waals surface area contributed by atoms with E-state index in [0.29, 0.717) is 5.75 Å². The molecular weight excluding hydrogens is 350 g/mol. The minimum atomic E-state index is 0.268. The smallest absolute Gasteiger partial charge is 0.193 e. The Morgan fingerprint density at radius 1 is 1.18 bits per heavy atom. The van der Waals surface area contributed by atoms with E-state index < -0.39 is 0 Å². The number of ether oxygens (including phenoxy) is 1. The summed E-state index contributed by atoms with van der Waals surface area (Å²) in [6.07, 6.45) is 5.13. The molecule has 5 nitrogen and oxygen atoms in total. The highest BCUT2D eigenvalue weighted by molar-refractivity contribution is 5.80. The van der Waals surface area contributed by atoms with Crippen molar-refractivity contribution >= 4 is 12.0 Å². The van der Waals surface area contributed by atoms with E-state index >= 15 is 0 Å². The van der Waals surface area contributed by atoms with E-state index in [1.54, 1.807) is 13.2 Å². The average Bonchev–Trinajstić information content (AvgIpc) is 2.73. The Kier molecular flexibility index (Phi) is 6.95. The molecule has 28 heavy (non-hydrogen) atoms. The maximum absolute atomic E-state index is 10.1. The van der Waals surface area contributed by atoms with Crippen molar-refractivity contribution in [3.8, 4) is 11.5 Å². The Hall–Kier alpha value is -2.95. The summed E-state index contributed by atoms with van der Waals surface area (Å²) in [6, 6.07) is 15.9. The minimum Gasteiger partial charge on any atom is -0.508 e. The third-order valence-electron chi connectivity index (χ3n) is 5.06. The van der Waals surface area contributed by atoms with Crippen molar-refractivity contribution in [1.82, 2.24) is 10.2 Å². The van der Waals surface area contributed by atoms with E-state index in [-0.39, 0.29) is 5.75 Å². The van der Waals surface area contributed by atoms with Gasteiger partial charge in [-0.15, -0.1) is 0 Å². The lowest BCUT2D eigenvalue weighted by Crippen LogP contribution is -2.45. The summed E-state index contributed by atoms with van der Waals surface area (Å²) in [5, 5.41) is 13.5. The van der Waals surface area contributed by atoms with Crippen molar-refractivity contribution in [2.75, 3.05) is 33.8 Å². The predicted molar refractivity (Wildman–Crippen MR) is 115 cm³/mol. The van der Waals surface area contributed by atoms with E-state index in [1.807, 2.05) is 25.2 Å². The van der Waals surface area contributed by atoms with Crippen LogP contribution in [0, 0.1) is 0 Å². The highest BCUT2D eigenvalue weighted by Crippen LogP contribution is 2.23. The van der Waals surface area contributed by atoms with Crippen molar-refractivity contribution < 1.29 is 9.84 Å². The molecule has 0 saturated carbocycles. The van der Waals surface area contributed by atoms with Crippen LogP contribution in [0.3, 0.4) is 0 Å². The van der Waals surface area contributed by atoms with E-state index in [4.69, 9.17) is 4.74 Å². The lowest BCUT2D eigenvalue weighted by molar-refractivity contribution is 0.375. The van der Waals surface area contributed by atoms with Crippen molar-refractivity contribution in [3.05, 3.63) is 65.2 Å². The van der Waals surface area contributed by atoms with Crippen molar-refractivity contribution in [2.24, 2.45) is 4.99 Å². The van der Waals surface area contributed by atoms with E-state index in [9.17, 15) is 5.11 Å². The molecule has 5 heteroatoms. The van der Waals surface area contributed by atoms with Crippen LogP contribution in [-0.2, 0) is 6.42 Å². The number of phenolic OH excluding ortho intramolecular Hbond substituents is 1. The number of benzene rings is 2. The van der Waals surface area contributed by atoms with Gasteiger partial charge in [0.05, 0.1) is 7.11 Å².